The number of carbonyl (C=O) groups is 2. The Labute approximate surface area is 107 Å². The van der Waals surface area contributed by atoms with E-state index in [1.54, 1.807) is 0 Å². The van der Waals surface area contributed by atoms with E-state index in [-0.39, 0.29) is 13.2 Å². The Balaban J connectivity index is 4.46. The number of ether oxygens (including phenoxy) is 2. The van der Waals surface area contributed by atoms with Gasteiger partial charge in [0, 0.05) is 40.9 Å². The highest BCUT2D eigenvalue weighted by Crippen LogP contribution is 1.96. The molecule has 0 unspecified atom stereocenters. The lowest BCUT2D eigenvalue weighted by atomic mass is 10.4. The maximum absolute atomic E-state index is 11.9. The molecule has 0 radical (unpaired) electrons. The molecule has 0 aliphatic carbocycles. The lowest BCUT2D eigenvalue weighted by molar-refractivity contribution is -0.152. The second kappa shape index (κ2) is 9.81. The topological polar surface area (TPSA) is 79.3 Å². The van der Waals surface area contributed by atoms with Crippen LogP contribution in [-0.2, 0) is 19.1 Å². The first kappa shape index (κ1) is 16.8. The number of hydrogen-bond donors (Lipinski definition) is 1. The van der Waals surface area contributed by atoms with Gasteiger partial charge in [-0.2, -0.15) is 0 Å². The molecular formula is C11H22N2O5. The predicted molar refractivity (Wildman–Crippen MR) is 65.1 cm³/mol. The van der Waals surface area contributed by atoms with Crippen LogP contribution in [0.1, 0.15) is 0 Å². The van der Waals surface area contributed by atoms with E-state index in [0.29, 0.717) is 26.3 Å². The second-order valence-electron chi connectivity index (χ2n) is 3.73. The van der Waals surface area contributed by atoms with Crippen LogP contribution >= 0.6 is 0 Å². The molecule has 0 saturated carbocycles. The third kappa shape index (κ3) is 5.95. The van der Waals surface area contributed by atoms with E-state index in [1.807, 2.05) is 0 Å². The first-order chi connectivity index (χ1) is 8.58. The van der Waals surface area contributed by atoms with Crippen LogP contribution in [0.15, 0.2) is 0 Å². The minimum Gasteiger partial charge on any atom is -0.395 e. The molecule has 0 aliphatic heterocycles. The van der Waals surface area contributed by atoms with E-state index >= 15 is 0 Å². The number of methoxy groups -OCH3 is 2. The smallest absolute Gasteiger partial charge is 0.312 e. The normalized spacial score (nSPS) is 10.2. The third-order valence-electron chi connectivity index (χ3n) is 2.38. The average molecular weight is 262 g/mol. The van der Waals surface area contributed by atoms with Crippen LogP contribution in [-0.4, -0.2) is 87.4 Å². The van der Waals surface area contributed by atoms with Crippen LogP contribution in [0.25, 0.3) is 0 Å². The molecule has 0 aromatic heterocycles. The van der Waals surface area contributed by atoms with Gasteiger partial charge in [0.2, 0.25) is 0 Å². The molecule has 18 heavy (non-hydrogen) atoms. The molecule has 0 aliphatic rings. The second-order valence-corrected chi connectivity index (χ2v) is 3.73. The van der Waals surface area contributed by atoms with Gasteiger partial charge >= 0.3 is 11.8 Å². The van der Waals surface area contributed by atoms with Crippen molar-refractivity contribution in [3.63, 3.8) is 0 Å². The summed E-state index contributed by atoms with van der Waals surface area (Å²) in [7, 11) is 4.53. The van der Waals surface area contributed by atoms with Crippen LogP contribution in [0.4, 0.5) is 0 Å². The molecule has 7 nitrogen and oxygen atoms in total. The summed E-state index contributed by atoms with van der Waals surface area (Å²) in [5.41, 5.74) is 0. The Morgan fingerprint density at radius 3 is 1.89 bits per heavy atom. The fourth-order valence-electron chi connectivity index (χ4n) is 1.27. The molecule has 106 valence electrons. The van der Waals surface area contributed by atoms with E-state index in [2.05, 4.69) is 0 Å². The van der Waals surface area contributed by atoms with Crippen molar-refractivity contribution in [2.75, 3.05) is 60.7 Å². The quantitative estimate of drug-likeness (QED) is 0.542. The van der Waals surface area contributed by atoms with E-state index in [0.717, 1.165) is 0 Å². The third-order valence-corrected chi connectivity index (χ3v) is 2.38. The van der Waals surface area contributed by atoms with Gasteiger partial charge in [-0.25, -0.2) is 0 Å². The standard InChI is InChI=1S/C11H22N2O5/c1-12(4-7-14)10(15)11(16)13(5-8-17-2)6-9-18-3/h14H,4-9H2,1-3H3. The van der Waals surface area contributed by atoms with Crippen molar-refractivity contribution in [1.29, 1.82) is 0 Å². The summed E-state index contributed by atoms with van der Waals surface area (Å²) in [6.45, 7) is 1.33. The van der Waals surface area contributed by atoms with Gasteiger partial charge in [0.15, 0.2) is 0 Å². The zero-order valence-corrected chi connectivity index (χ0v) is 11.2. The van der Waals surface area contributed by atoms with Crippen LogP contribution in [0.2, 0.25) is 0 Å². The van der Waals surface area contributed by atoms with Crippen molar-refractivity contribution in [2.45, 2.75) is 0 Å². The minimum absolute atomic E-state index is 0.132. The Kier molecular flexibility index (Phi) is 9.17. The molecule has 0 spiro atoms. The molecule has 0 rings (SSSR count). The van der Waals surface area contributed by atoms with Gasteiger partial charge in [-0.3, -0.25) is 9.59 Å². The van der Waals surface area contributed by atoms with Crippen LogP contribution < -0.4 is 0 Å². The lowest BCUT2D eigenvalue weighted by Crippen LogP contribution is -2.46. The van der Waals surface area contributed by atoms with Crippen LogP contribution in [0, 0.1) is 0 Å². The van der Waals surface area contributed by atoms with Gasteiger partial charge in [0.25, 0.3) is 0 Å². The summed E-state index contributed by atoms with van der Waals surface area (Å²) < 4.78 is 9.78. The number of aliphatic hydroxyl groups is 1. The molecule has 0 saturated heterocycles. The van der Waals surface area contributed by atoms with E-state index < -0.39 is 11.8 Å². The molecule has 0 fully saturated rings. The van der Waals surface area contributed by atoms with Crippen molar-refractivity contribution in [3.8, 4) is 0 Å². The summed E-state index contributed by atoms with van der Waals surface area (Å²) in [5, 5.41) is 8.73. The zero-order chi connectivity index (χ0) is 14.0. The maximum Gasteiger partial charge on any atom is 0.312 e. The molecule has 1 N–H and O–H groups in total. The van der Waals surface area contributed by atoms with E-state index in [1.165, 1.54) is 31.1 Å². The summed E-state index contributed by atoms with van der Waals surface area (Å²) in [5.74, 6) is -1.25. The lowest BCUT2D eigenvalue weighted by Gasteiger charge is -2.24. The van der Waals surface area contributed by atoms with Crippen molar-refractivity contribution in [2.24, 2.45) is 0 Å². The van der Waals surface area contributed by atoms with Crippen molar-refractivity contribution < 1.29 is 24.2 Å². The monoisotopic (exact) mass is 262 g/mol. The zero-order valence-electron chi connectivity index (χ0n) is 11.2. The van der Waals surface area contributed by atoms with Gasteiger partial charge in [-0.05, 0) is 0 Å². The molecule has 0 aromatic carbocycles. The average Bonchev–Trinajstić information content (AvgIpc) is 2.37. The number of hydrogen-bond acceptors (Lipinski definition) is 5. The Morgan fingerprint density at radius 1 is 1.00 bits per heavy atom. The van der Waals surface area contributed by atoms with Gasteiger partial charge < -0.3 is 24.4 Å². The first-order valence-corrected chi connectivity index (χ1v) is 5.71. The van der Waals surface area contributed by atoms with Gasteiger partial charge in [0.1, 0.15) is 0 Å². The van der Waals surface area contributed by atoms with E-state index in [4.69, 9.17) is 14.6 Å². The minimum atomic E-state index is -0.642. The van der Waals surface area contributed by atoms with Crippen molar-refractivity contribution in [3.05, 3.63) is 0 Å². The van der Waals surface area contributed by atoms with Crippen LogP contribution in [0.3, 0.4) is 0 Å². The number of aliphatic hydroxyl groups excluding tert-OH is 1. The van der Waals surface area contributed by atoms with Crippen LogP contribution in [0.5, 0.6) is 0 Å². The number of carbonyl (C=O) groups excluding carboxylic acids is 2. The van der Waals surface area contributed by atoms with Crippen molar-refractivity contribution >= 4 is 11.8 Å². The number of likely N-dealkylation sites (N-methyl/N-ethyl adjacent to an activating group) is 1. The first-order valence-electron chi connectivity index (χ1n) is 5.71. The molecule has 0 aromatic rings. The molecule has 0 atom stereocenters. The predicted octanol–water partition coefficient (Wildman–Crippen LogP) is -1.44. The highest BCUT2D eigenvalue weighted by molar-refractivity contribution is 6.34. The summed E-state index contributed by atoms with van der Waals surface area (Å²) >= 11 is 0. The number of nitrogens with zero attached hydrogens (tertiary/aromatic N) is 2. The Bertz CT molecular complexity index is 252. The summed E-state index contributed by atoms with van der Waals surface area (Å²) in [6.07, 6.45) is 0. The van der Waals surface area contributed by atoms with Crippen molar-refractivity contribution in [1.82, 2.24) is 9.80 Å². The fraction of sp³-hybridized carbons (Fsp3) is 0.818. The Morgan fingerprint density at radius 2 is 1.50 bits per heavy atom. The number of rotatable bonds is 8. The number of amides is 2. The van der Waals surface area contributed by atoms with Gasteiger partial charge in [0.05, 0.1) is 19.8 Å². The van der Waals surface area contributed by atoms with Gasteiger partial charge in [-0.1, -0.05) is 0 Å². The molecule has 7 heteroatoms. The van der Waals surface area contributed by atoms with E-state index in [9.17, 15) is 9.59 Å². The Hall–Kier alpha value is -1.18. The molecular weight excluding hydrogens is 240 g/mol. The molecule has 0 bridgehead atoms. The fourth-order valence-corrected chi connectivity index (χ4v) is 1.27. The maximum atomic E-state index is 11.9. The largest absolute Gasteiger partial charge is 0.395 e. The summed E-state index contributed by atoms with van der Waals surface area (Å²) in [4.78, 5) is 26.2. The molecule has 0 heterocycles. The van der Waals surface area contributed by atoms with Gasteiger partial charge in [-0.15, -0.1) is 0 Å². The highest BCUT2D eigenvalue weighted by Gasteiger charge is 2.24. The highest BCUT2D eigenvalue weighted by atomic mass is 16.5. The summed E-state index contributed by atoms with van der Waals surface area (Å²) in [6, 6.07) is 0. The molecule has 2 amide bonds. The SMILES string of the molecule is COCCN(CCOC)C(=O)C(=O)N(C)CCO.